The van der Waals surface area contributed by atoms with Crippen molar-refractivity contribution < 1.29 is 19.1 Å². The first-order chi connectivity index (χ1) is 18.9. The molecule has 0 aliphatic carbocycles. The molecular formula is C30H34BrCl2N3O4. The number of para-hydroxylation sites is 2. The van der Waals surface area contributed by atoms with E-state index in [0.717, 1.165) is 11.1 Å². The summed E-state index contributed by atoms with van der Waals surface area (Å²) in [5.74, 6) is -0.794. The summed E-state index contributed by atoms with van der Waals surface area (Å²) in [5, 5.41) is 7.54. The second kappa shape index (κ2) is 14.7. The van der Waals surface area contributed by atoms with Crippen LogP contribution in [0.2, 0.25) is 10.0 Å². The number of anilines is 3. The first kappa shape index (κ1) is 31.7. The van der Waals surface area contributed by atoms with Gasteiger partial charge in [0.25, 0.3) is 0 Å². The zero-order chi connectivity index (χ0) is 29.3. The van der Waals surface area contributed by atoms with Gasteiger partial charge in [-0.3, -0.25) is 4.79 Å². The monoisotopic (exact) mass is 649 g/mol. The molecule has 4 N–H and O–H groups in total. The molecule has 40 heavy (non-hydrogen) atoms. The predicted octanol–water partition coefficient (Wildman–Crippen LogP) is 7.69. The highest BCUT2D eigenvalue weighted by Gasteiger charge is 2.16. The molecule has 0 aromatic heterocycles. The van der Waals surface area contributed by atoms with E-state index in [9.17, 15) is 9.59 Å². The van der Waals surface area contributed by atoms with Crippen molar-refractivity contribution in [2.24, 2.45) is 0 Å². The second-order valence-electron chi connectivity index (χ2n) is 10.3. The quantitative estimate of drug-likeness (QED) is 0.105. The lowest BCUT2D eigenvalue weighted by molar-refractivity contribution is -0.143. The van der Waals surface area contributed by atoms with Gasteiger partial charge in [0.15, 0.2) is 0 Å². The van der Waals surface area contributed by atoms with Gasteiger partial charge in [-0.1, -0.05) is 47.5 Å². The van der Waals surface area contributed by atoms with Crippen LogP contribution in [0.25, 0.3) is 0 Å². The molecule has 0 spiro atoms. The van der Waals surface area contributed by atoms with E-state index < -0.39 is 5.97 Å². The Morgan fingerprint density at radius 1 is 0.925 bits per heavy atom. The minimum absolute atomic E-state index is 0.0820. The Kier molecular flexibility index (Phi) is 11.7. The summed E-state index contributed by atoms with van der Waals surface area (Å²) in [6.45, 7) is 7.12. The van der Waals surface area contributed by atoms with E-state index in [1.54, 1.807) is 30.3 Å². The molecule has 0 fully saturated rings. The number of nitrogens with one attached hydrogen (secondary N) is 2. The highest BCUT2D eigenvalue weighted by Crippen LogP contribution is 2.33. The molecule has 7 nitrogen and oxygen atoms in total. The lowest BCUT2D eigenvalue weighted by atomic mass is 10.1. The molecule has 0 atom stereocenters. The van der Waals surface area contributed by atoms with Crippen LogP contribution in [0.3, 0.4) is 0 Å². The Bertz CT molecular complexity index is 1320. The van der Waals surface area contributed by atoms with Crippen molar-refractivity contribution in [3.8, 4) is 0 Å². The number of esters is 2. The lowest BCUT2D eigenvalue weighted by Gasteiger charge is -2.21. The summed E-state index contributed by atoms with van der Waals surface area (Å²) >= 11 is 16.0. The summed E-state index contributed by atoms with van der Waals surface area (Å²) in [4.78, 5) is 25.1. The molecule has 0 radical (unpaired) electrons. The maximum atomic E-state index is 12.6. The van der Waals surface area contributed by atoms with E-state index in [1.165, 1.54) is 0 Å². The van der Waals surface area contributed by atoms with Gasteiger partial charge in [-0.2, -0.15) is 0 Å². The number of rotatable bonds is 12. The van der Waals surface area contributed by atoms with Crippen LogP contribution < -0.4 is 16.4 Å². The van der Waals surface area contributed by atoms with Crippen LogP contribution in [0.4, 0.5) is 17.1 Å². The minimum Gasteiger partial charge on any atom is -0.465 e. The van der Waals surface area contributed by atoms with Crippen molar-refractivity contribution in [2.45, 2.75) is 52.1 Å². The van der Waals surface area contributed by atoms with Gasteiger partial charge in [-0.25, -0.2) is 4.79 Å². The maximum absolute atomic E-state index is 12.6. The van der Waals surface area contributed by atoms with Crippen LogP contribution in [0.15, 0.2) is 59.1 Å². The van der Waals surface area contributed by atoms with Crippen LogP contribution in [0.1, 0.15) is 55.1 Å². The number of halogens is 3. The third-order valence-corrected chi connectivity index (χ3v) is 7.16. The molecule has 0 aliphatic rings. The number of hydrogen-bond acceptors (Lipinski definition) is 7. The van der Waals surface area contributed by atoms with Crippen molar-refractivity contribution in [2.75, 3.05) is 24.3 Å². The Labute approximate surface area is 253 Å². The van der Waals surface area contributed by atoms with Gasteiger partial charge in [0.1, 0.15) is 0 Å². The summed E-state index contributed by atoms with van der Waals surface area (Å²) in [7, 11) is 0. The highest BCUT2D eigenvalue weighted by molar-refractivity contribution is 9.10. The van der Waals surface area contributed by atoms with Gasteiger partial charge in [-0.15, -0.1) is 0 Å². The number of benzene rings is 3. The van der Waals surface area contributed by atoms with Crippen molar-refractivity contribution in [1.29, 1.82) is 0 Å². The fourth-order valence-electron chi connectivity index (χ4n) is 3.69. The van der Waals surface area contributed by atoms with Crippen LogP contribution in [-0.2, 0) is 27.2 Å². The summed E-state index contributed by atoms with van der Waals surface area (Å²) in [5.41, 5.74) is 9.94. The highest BCUT2D eigenvalue weighted by atomic mass is 79.9. The zero-order valence-electron chi connectivity index (χ0n) is 22.8. The first-order valence-corrected chi connectivity index (χ1v) is 14.4. The molecule has 0 heterocycles. The third-order valence-electron chi connectivity index (χ3n) is 5.87. The minimum atomic E-state index is -0.433. The topological polar surface area (TPSA) is 103 Å². The largest absolute Gasteiger partial charge is 0.465 e. The lowest BCUT2D eigenvalue weighted by Crippen LogP contribution is -2.35. The number of carbonyl (C=O) groups excluding carboxylic acids is 2. The molecule has 0 aliphatic heterocycles. The summed E-state index contributed by atoms with van der Waals surface area (Å²) in [6, 6.07) is 16.0. The molecule has 3 rings (SSSR count). The summed E-state index contributed by atoms with van der Waals surface area (Å²) in [6.07, 6.45) is 1.19. The van der Waals surface area contributed by atoms with Gasteiger partial charge in [0.05, 0.1) is 46.6 Å². The molecule has 214 valence electrons. The zero-order valence-corrected chi connectivity index (χ0v) is 25.9. The van der Waals surface area contributed by atoms with Crippen molar-refractivity contribution in [1.82, 2.24) is 5.32 Å². The van der Waals surface area contributed by atoms with Crippen LogP contribution >= 0.6 is 39.1 Å². The van der Waals surface area contributed by atoms with Gasteiger partial charge in [0.2, 0.25) is 0 Å². The number of nitrogen functional groups attached to an aromatic ring is 1. The van der Waals surface area contributed by atoms with Crippen LogP contribution in [0, 0.1) is 0 Å². The fraction of sp³-hybridized carbons (Fsp3) is 0.333. The van der Waals surface area contributed by atoms with Crippen LogP contribution in [0.5, 0.6) is 0 Å². The predicted molar refractivity (Wildman–Crippen MR) is 166 cm³/mol. The molecule has 3 aromatic rings. The van der Waals surface area contributed by atoms with Gasteiger partial charge in [0, 0.05) is 22.2 Å². The van der Waals surface area contributed by atoms with E-state index in [1.807, 2.05) is 24.3 Å². The molecule has 0 amide bonds. The average molecular weight is 651 g/mol. The van der Waals surface area contributed by atoms with Crippen molar-refractivity contribution in [3.05, 3.63) is 85.8 Å². The van der Waals surface area contributed by atoms with Gasteiger partial charge < -0.3 is 25.8 Å². The van der Waals surface area contributed by atoms with E-state index in [0.29, 0.717) is 56.5 Å². The molecule has 0 bridgehead atoms. The van der Waals surface area contributed by atoms with E-state index in [2.05, 4.69) is 47.3 Å². The number of carbonyl (C=O) groups is 2. The van der Waals surface area contributed by atoms with E-state index in [4.69, 9.17) is 38.4 Å². The second-order valence-corrected chi connectivity index (χ2v) is 11.9. The van der Waals surface area contributed by atoms with Gasteiger partial charge >= 0.3 is 11.9 Å². The SMILES string of the molecule is CC(C)(C)NCc1cc(C(=O)OCCCCOC(=O)Cc2ccccc2Nc2c(Cl)cccc2Cl)cc(Br)c1N. The van der Waals surface area contributed by atoms with Crippen molar-refractivity contribution >= 4 is 68.1 Å². The average Bonchev–Trinajstić information content (AvgIpc) is 2.89. The Hall–Kier alpha value is -2.78. The maximum Gasteiger partial charge on any atom is 0.338 e. The van der Waals surface area contributed by atoms with E-state index in [-0.39, 0.29) is 31.1 Å². The number of unbranched alkanes of at least 4 members (excludes halogenated alkanes) is 1. The fourth-order valence-corrected chi connectivity index (χ4v) is 4.69. The number of ether oxygens (including phenoxy) is 2. The third kappa shape index (κ3) is 9.70. The molecular weight excluding hydrogens is 617 g/mol. The molecule has 10 heteroatoms. The number of hydrogen-bond donors (Lipinski definition) is 3. The Morgan fingerprint density at radius 3 is 2.25 bits per heavy atom. The van der Waals surface area contributed by atoms with Crippen molar-refractivity contribution in [3.63, 3.8) is 0 Å². The number of nitrogens with two attached hydrogens (primary N) is 1. The smallest absolute Gasteiger partial charge is 0.338 e. The standard InChI is InChI=1S/C30H34BrCl2N3O4/c1-30(2,3)35-18-21-15-20(16-22(31)27(21)34)29(38)40-14-7-6-13-39-26(37)17-19-9-4-5-12-25(19)36-28-23(32)10-8-11-24(28)33/h4-5,8-12,15-16,35-36H,6-7,13-14,17-18,34H2,1-3H3. The Balaban J connectivity index is 1.43. The summed E-state index contributed by atoms with van der Waals surface area (Å²) < 4.78 is 11.5. The molecule has 3 aromatic carbocycles. The molecule has 0 unspecified atom stereocenters. The molecule has 0 saturated heterocycles. The first-order valence-electron chi connectivity index (χ1n) is 12.9. The Morgan fingerprint density at radius 2 is 1.57 bits per heavy atom. The van der Waals surface area contributed by atoms with E-state index >= 15 is 0 Å². The molecule has 0 saturated carbocycles. The normalized spacial score (nSPS) is 11.2. The van der Waals surface area contributed by atoms with Gasteiger partial charge in [-0.05, 0) is 91.0 Å². The van der Waals surface area contributed by atoms with Crippen LogP contribution in [-0.4, -0.2) is 30.7 Å².